The van der Waals surface area contributed by atoms with E-state index in [0.717, 1.165) is 6.54 Å². The molecule has 0 spiro atoms. The van der Waals surface area contributed by atoms with Crippen molar-refractivity contribution in [2.24, 2.45) is 0 Å². The van der Waals surface area contributed by atoms with Crippen LogP contribution in [0.3, 0.4) is 0 Å². The molecular weight excluding hydrogens is 347 g/mol. The van der Waals surface area contributed by atoms with Gasteiger partial charge in [-0.05, 0) is 13.6 Å². The number of rotatable bonds is 1. The summed E-state index contributed by atoms with van der Waals surface area (Å²) in [6.07, 6.45) is 0. The fourth-order valence-corrected chi connectivity index (χ4v) is 0. The largest absolute Gasteiger partial charge is 0.462 e. The Bertz CT molecular complexity index is 26.4. The van der Waals surface area contributed by atoms with Crippen molar-refractivity contribution in [3.8, 4) is 0 Å². The van der Waals surface area contributed by atoms with Gasteiger partial charge in [-0.3, -0.25) is 7.05 Å². The van der Waals surface area contributed by atoms with Crippen LogP contribution in [0.25, 0.3) is 0 Å². The fourth-order valence-electron chi connectivity index (χ4n) is 0. The van der Waals surface area contributed by atoms with Crippen LogP contribution in [-0.2, 0) is 53.8 Å². The van der Waals surface area contributed by atoms with Crippen molar-refractivity contribution in [2.45, 2.75) is 6.92 Å². The van der Waals surface area contributed by atoms with Crippen molar-refractivity contribution in [2.75, 3.05) is 13.6 Å². The van der Waals surface area contributed by atoms with Crippen molar-refractivity contribution >= 4 is 0 Å². The van der Waals surface area contributed by atoms with Crippen LogP contribution in [0.5, 0.6) is 0 Å². The van der Waals surface area contributed by atoms with Gasteiger partial charge in [-0.1, -0.05) is 6.92 Å². The molecule has 1 nitrogen and oxygen atoms in total. The molecule has 0 saturated heterocycles. The molecule has 0 aliphatic carbocycles. The summed E-state index contributed by atoms with van der Waals surface area (Å²) < 4.78 is 0. The fraction of sp³-hybridized carbons (Fsp3) is 0.600. The molecule has 0 rings (SSSR count). The van der Waals surface area contributed by atoms with Gasteiger partial charge >= 0.3 is 0 Å². The maximum Gasteiger partial charge on any atom is 0 e. The van der Waals surface area contributed by atoms with Crippen LogP contribution in [0.2, 0.25) is 0 Å². The first-order chi connectivity index (χ1) is 2.27. The van der Waals surface area contributed by atoms with Gasteiger partial charge in [-0.2, -0.15) is 0 Å². The summed E-state index contributed by atoms with van der Waals surface area (Å²) in [5.41, 5.74) is 0. The van der Waals surface area contributed by atoms with E-state index in [1.165, 1.54) is 0 Å². The van der Waals surface area contributed by atoms with E-state index < -0.39 is 0 Å². The zero-order valence-electron chi connectivity index (χ0n) is 5.85. The molecular formula is C5H13NWY-2. The molecule has 0 N–H and O–H groups in total. The van der Waals surface area contributed by atoms with Gasteiger partial charge in [0.2, 0.25) is 0 Å². The molecule has 0 aromatic rings. The maximum absolute atomic E-state index is 3.59. The van der Waals surface area contributed by atoms with Gasteiger partial charge in [-0.25, -0.2) is 0 Å². The minimum absolute atomic E-state index is 0. The molecule has 0 unspecified atom stereocenters. The Morgan fingerprint density at radius 2 is 1.62 bits per heavy atom. The normalized spacial score (nSPS) is 6.00. The van der Waals surface area contributed by atoms with E-state index in [-0.39, 0.29) is 61.2 Å². The van der Waals surface area contributed by atoms with E-state index in [9.17, 15) is 0 Å². The molecule has 0 aliphatic heterocycles. The topological polar surface area (TPSA) is 3.24 Å². The Labute approximate surface area is 92.7 Å². The van der Waals surface area contributed by atoms with Crippen molar-refractivity contribution in [1.29, 1.82) is 0 Å². The molecule has 8 heavy (non-hydrogen) atoms. The Morgan fingerprint density at radius 3 is 1.62 bits per heavy atom. The van der Waals surface area contributed by atoms with E-state index in [1.807, 2.05) is 11.9 Å². The zero-order chi connectivity index (χ0) is 4.28. The number of hydrogen-bond donors (Lipinski definition) is 0. The summed E-state index contributed by atoms with van der Waals surface area (Å²) in [5, 5.41) is 0. The maximum atomic E-state index is 3.59. The first-order valence-corrected chi connectivity index (χ1v) is 1.79. The van der Waals surface area contributed by atoms with E-state index in [4.69, 9.17) is 0 Å². The molecule has 0 amide bonds. The standard InChI is InChI=1S/C4H10N.CH3.W.Y/c1-4-5(2)3;;;/h2,4H2,1,3H3;1H3;;/q2*-1;;. The molecule has 0 heterocycles. The molecule has 0 bridgehead atoms. The van der Waals surface area contributed by atoms with Gasteiger partial charge in [-0.15, -0.1) is 0 Å². The molecule has 0 aliphatic rings. The van der Waals surface area contributed by atoms with E-state index >= 15 is 0 Å². The Hall–Kier alpha value is 1.75. The van der Waals surface area contributed by atoms with Crippen LogP contribution in [0, 0.1) is 14.5 Å². The summed E-state index contributed by atoms with van der Waals surface area (Å²) in [5.74, 6) is 0. The second-order valence-corrected chi connectivity index (χ2v) is 1.17. The van der Waals surface area contributed by atoms with E-state index in [2.05, 4.69) is 14.0 Å². The molecule has 49 valence electrons. The number of hydrogen-bond acceptors (Lipinski definition) is 1. The average molecular weight is 360 g/mol. The van der Waals surface area contributed by atoms with Gasteiger partial charge in [0.15, 0.2) is 0 Å². The summed E-state index contributed by atoms with van der Waals surface area (Å²) >= 11 is 0. The quantitative estimate of drug-likeness (QED) is 0.635. The van der Waals surface area contributed by atoms with Gasteiger partial charge in [0.05, 0.1) is 0 Å². The minimum atomic E-state index is 0. The second kappa shape index (κ2) is 15.9. The molecule has 0 atom stereocenters. The summed E-state index contributed by atoms with van der Waals surface area (Å²) in [4.78, 5) is 1.88. The van der Waals surface area contributed by atoms with E-state index in [1.54, 1.807) is 0 Å². The van der Waals surface area contributed by atoms with Crippen molar-refractivity contribution in [3.63, 3.8) is 0 Å². The Balaban J connectivity index is -0.0000000267. The van der Waals surface area contributed by atoms with Crippen molar-refractivity contribution < 1.29 is 53.8 Å². The summed E-state index contributed by atoms with van der Waals surface area (Å²) in [7, 11) is 5.53. The molecule has 0 fully saturated rings. The predicted octanol–water partition coefficient (Wildman–Crippen LogP) is 1.17. The first-order valence-electron chi connectivity index (χ1n) is 1.79. The smallest absolute Gasteiger partial charge is 0 e. The molecule has 0 aromatic carbocycles. The Morgan fingerprint density at radius 1 is 1.50 bits per heavy atom. The first kappa shape index (κ1) is 22.6. The van der Waals surface area contributed by atoms with Crippen molar-refractivity contribution in [1.82, 2.24) is 4.90 Å². The third-order valence-electron chi connectivity index (χ3n) is 0.540. The minimum Gasteiger partial charge on any atom is -0.462 e. The van der Waals surface area contributed by atoms with Crippen LogP contribution in [0.4, 0.5) is 0 Å². The van der Waals surface area contributed by atoms with Gasteiger partial charge in [0.25, 0.3) is 0 Å². The summed E-state index contributed by atoms with van der Waals surface area (Å²) in [6, 6.07) is 0. The van der Waals surface area contributed by atoms with Gasteiger partial charge < -0.3 is 12.3 Å². The van der Waals surface area contributed by atoms with Crippen LogP contribution in [0.1, 0.15) is 6.92 Å². The SMILES string of the molecule is [CH2-]N(C)CC.[CH3-].[W].[Y]. The monoisotopic (exact) mass is 360 g/mol. The van der Waals surface area contributed by atoms with Crippen molar-refractivity contribution in [3.05, 3.63) is 14.5 Å². The molecule has 1 radical (unpaired) electrons. The van der Waals surface area contributed by atoms with Crippen LogP contribution in [-0.4, -0.2) is 18.5 Å². The zero-order valence-corrected chi connectivity index (χ0v) is 11.6. The van der Waals surface area contributed by atoms with Gasteiger partial charge in [0.1, 0.15) is 0 Å². The second-order valence-electron chi connectivity index (χ2n) is 1.17. The predicted molar refractivity (Wildman–Crippen MR) is 30.1 cm³/mol. The molecule has 0 saturated carbocycles. The molecule has 3 heteroatoms. The van der Waals surface area contributed by atoms with Gasteiger partial charge in [0, 0.05) is 53.8 Å². The van der Waals surface area contributed by atoms with Crippen LogP contribution < -0.4 is 0 Å². The molecule has 0 aromatic heterocycles. The summed E-state index contributed by atoms with van der Waals surface area (Å²) in [6.45, 7) is 3.09. The third-order valence-corrected chi connectivity index (χ3v) is 0.540. The van der Waals surface area contributed by atoms with Crippen LogP contribution in [0.15, 0.2) is 0 Å². The third kappa shape index (κ3) is 25.1. The Kier molecular flexibility index (Phi) is 44.9. The average Bonchev–Trinajstić information content (AvgIpc) is 1.38. The van der Waals surface area contributed by atoms with E-state index in [0.29, 0.717) is 0 Å². The number of nitrogens with zero attached hydrogens (tertiary/aromatic N) is 1. The van der Waals surface area contributed by atoms with Crippen LogP contribution >= 0.6 is 0 Å².